The topological polar surface area (TPSA) is 12.0 Å². The zero-order valence-corrected chi connectivity index (χ0v) is 13.7. The smallest absolute Gasteiger partial charge is 0.0701 e. The van der Waals surface area contributed by atoms with Gasteiger partial charge in [0.2, 0.25) is 0 Å². The molecule has 1 aliphatic rings. The van der Waals surface area contributed by atoms with Crippen molar-refractivity contribution in [1.29, 1.82) is 0 Å². The quantitative estimate of drug-likeness (QED) is 0.701. The van der Waals surface area contributed by atoms with Crippen LogP contribution in [0, 0.1) is 5.92 Å². The molecule has 1 unspecified atom stereocenters. The Balaban J connectivity index is 2.07. The van der Waals surface area contributed by atoms with Gasteiger partial charge in [-0.05, 0) is 64.7 Å². The summed E-state index contributed by atoms with van der Waals surface area (Å²) in [7, 11) is 0. The van der Waals surface area contributed by atoms with E-state index in [-0.39, 0.29) is 0 Å². The minimum absolute atomic E-state index is 0.575. The lowest BCUT2D eigenvalue weighted by Crippen LogP contribution is -2.28. The molecule has 1 saturated carbocycles. The molecule has 0 amide bonds. The van der Waals surface area contributed by atoms with Gasteiger partial charge in [0.1, 0.15) is 0 Å². The van der Waals surface area contributed by atoms with Crippen molar-refractivity contribution in [3.05, 3.63) is 20.8 Å². The van der Waals surface area contributed by atoms with Crippen molar-refractivity contribution in [3.63, 3.8) is 0 Å². The van der Waals surface area contributed by atoms with Crippen LogP contribution in [0.3, 0.4) is 0 Å². The molecule has 1 aliphatic carbocycles. The number of hydrogen-bond donors (Lipinski definition) is 1. The molecule has 1 N–H and O–H groups in total. The zero-order valence-electron chi connectivity index (χ0n) is 11.3. The van der Waals surface area contributed by atoms with Crippen LogP contribution in [0.25, 0.3) is 0 Å². The number of rotatable bonds is 5. The average molecular weight is 330 g/mol. The summed E-state index contributed by atoms with van der Waals surface area (Å²) in [6.45, 7) is 3.38. The first-order valence-electron chi connectivity index (χ1n) is 7.28. The molecular formula is C15H24BrNS. The van der Waals surface area contributed by atoms with Crippen molar-refractivity contribution >= 4 is 27.3 Å². The van der Waals surface area contributed by atoms with Crippen molar-refractivity contribution in [2.45, 2.75) is 57.9 Å². The Labute approximate surface area is 123 Å². The van der Waals surface area contributed by atoms with Gasteiger partial charge in [-0.15, -0.1) is 11.3 Å². The predicted molar refractivity (Wildman–Crippen MR) is 84.2 cm³/mol. The molecule has 2 rings (SSSR count). The molecule has 1 aromatic rings. The molecule has 0 aliphatic heterocycles. The van der Waals surface area contributed by atoms with E-state index in [1.165, 1.54) is 54.3 Å². The summed E-state index contributed by atoms with van der Waals surface area (Å²) in [6.07, 6.45) is 9.72. The molecule has 3 heteroatoms. The van der Waals surface area contributed by atoms with Gasteiger partial charge in [0, 0.05) is 6.04 Å². The number of halogens is 1. The Morgan fingerprint density at radius 3 is 2.61 bits per heavy atom. The lowest BCUT2D eigenvalue weighted by atomic mass is 9.88. The first kappa shape index (κ1) is 14.5. The van der Waals surface area contributed by atoms with Crippen LogP contribution in [0.5, 0.6) is 0 Å². The van der Waals surface area contributed by atoms with E-state index in [2.05, 4.69) is 39.6 Å². The minimum atomic E-state index is 0.575. The standard InChI is InChI=1S/C15H24BrNS/c1-2-9-17-15(13-10-14(16)18-11-13)12-7-5-3-4-6-8-12/h10-12,15,17H,2-9H2,1H3. The van der Waals surface area contributed by atoms with Crippen LogP contribution in [-0.2, 0) is 0 Å². The molecule has 0 aromatic carbocycles. The summed E-state index contributed by atoms with van der Waals surface area (Å²) in [5.74, 6) is 0.834. The van der Waals surface area contributed by atoms with Gasteiger partial charge in [0.25, 0.3) is 0 Å². The number of thiophene rings is 1. The number of nitrogens with one attached hydrogen (secondary N) is 1. The second-order valence-corrected chi connectivity index (χ2v) is 7.66. The maximum absolute atomic E-state index is 3.78. The molecular weight excluding hydrogens is 306 g/mol. The SMILES string of the molecule is CCCNC(c1csc(Br)c1)C1CCCCCC1. The van der Waals surface area contributed by atoms with E-state index in [1.54, 1.807) is 0 Å². The fourth-order valence-corrected chi connectivity index (χ4v) is 4.20. The Hall–Kier alpha value is 0.140. The van der Waals surface area contributed by atoms with Crippen LogP contribution < -0.4 is 5.32 Å². The lowest BCUT2D eigenvalue weighted by molar-refractivity contribution is 0.326. The molecule has 0 radical (unpaired) electrons. The lowest BCUT2D eigenvalue weighted by Gasteiger charge is -2.27. The third-order valence-electron chi connectivity index (χ3n) is 3.93. The maximum atomic E-state index is 3.78. The van der Waals surface area contributed by atoms with E-state index in [0.29, 0.717) is 6.04 Å². The van der Waals surface area contributed by atoms with E-state index in [1.807, 2.05) is 11.3 Å². The van der Waals surface area contributed by atoms with Gasteiger partial charge in [-0.25, -0.2) is 0 Å². The van der Waals surface area contributed by atoms with Gasteiger partial charge in [-0.3, -0.25) is 0 Å². The van der Waals surface area contributed by atoms with Gasteiger partial charge in [-0.2, -0.15) is 0 Å². The summed E-state index contributed by atoms with van der Waals surface area (Å²) in [6, 6.07) is 2.88. The summed E-state index contributed by atoms with van der Waals surface area (Å²) < 4.78 is 1.26. The highest BCUT2D eigenvalue weighted by molar-refractivity contribution is 9.11. The van der Waals surface area contributed by atoms with E-state index >= 15 is 0 Å². The highest BCUT2D eigenvalue weighted by atomic mass is 79.9. The van der Waals surface area contributed by atoms with Crippen LogP contribution in [0.2, 0.25) is 0 Å². The van der Waals surface area contributed by atoms with E-state index in [0.717, 1.165) is 12.5 Å². The number of hydrogen-bond acceptors (Lipinski definition) is 2. The molecule has 1 heterocycles. The summed E-state index contributed by atoms with van der Waals surface area (Å²) in [5, 5.41) is 6.10. The molecule has 0 spiro atoms. The van der Waals surface area contributed by atoms with Crippen LogP contribution in [0.15, 0.2) is 15.2 Å². The van der Waals surface area contributed by atoms with Crippen molar-refractivity contribution in [2.24, 2.45) is 5.92 Å². The van der Waals surface area contributed by atoms with Crippen LogP contribution in [0.1, 0.15) is 63.5 Å². The fourth-order valence-electron chi connectivity index (χ4n) is 2.99. The minimum Gasteiger partial charge on any atom is -0.310 e. The van der Waals surface area contributed by atoms with Crippen molar-refractivity contribution in [2.75, 3.05) is 6.54 Å². The van der Waals surface area contributed by atoms with Gasteiger partial charge >= 0.3 is 0 Å². The van der Waals surface area contributed by atoms with E-state index < -0.39 is 0 Å². The molecule has 0 saturated heterocycles. The average Bonchev–Trinajstić information content (AvgIpc) is 2.65. The van der Waals surface area contributed by atoms with E-state index in [9.17, 15) is 0 Å². The molecule has 1 fully saturated rings. The molecule has 1 atom stereocenters. The molecule has 1 aromatic heterocycles. The van der Waals surface area contributed by atoms with Crippen molar-refractivity contribution in [1.82, 2.24) is 5.32 Å². The maximum Gasteiger partial charge on any atom is 0.0701 e. The van der Waals surface area contributed by atoms with Gasteiger partial charge in [-0.1, -0.05) is 32.6 Å². The van der Waals surface area contributed by atoms with Crippen LogP contribution in [0.4, 0.5) is 0 Å². The van der Waals surface area contributed by atoms with Crippen LogP contribution in [-0.4, -0.2) is 6.54 Å². The molecule has 18 heavy (non-hydrogen) atoms. The summed E-state index contributed by atoms with van der Waals surface area (Å²) >= 11 is 5.41. The van der Waals surface area contributed by atoms with Crippen molar-refractivity contribution in [3.8, 4) is 0 Å². The summed E-state index contributed by atoms with van der Waals surface area (Å²) in [5.41, 5.74) is 1.49. The predicted octanol–water partition coefficient (Wildman–Crippen LogP) is 5.52. The molecule has 1 nitrogen and oxygen atoms in total. The zero-order chi connectivity index (χ0) is 12.8. The van der Waals surface area contributed by atoms with E-state index in [4.69, 9.17) is 0 Å². The molecule has 0 bridgehead atoms. The third-order valence-corrected chi connectivity index (χ3v) is 5.46. The highest BCUT2D eigenvalue weighted by Crippen LogP contribution is 2.36. The Bertz CT molecular complexity index is 342. The van der Waals surface area contributed by atoms with Crippen LogP contribution >= 0.6 is 27.3 Å². The third kappa shape index (κ3) is 4.07. The Morgan fingerprint density at radius 2 is 2.06 bits per heavy atom. The van der Waals surface area contributed by atoms with Gasteiger partial charge < -0.3 is 5.32 Å². The van der Waals surface area contributed by atoms with Gasteiger partial charge in [0.15, 0.2) is 0 Å². The summed E-state index contributed by atoms with van der Waals surface area (Å²) in [4.78, 5) is 0. The Kier molecular flexibility index (Phi) is 6.19. The second kappa shape index (κ2) is 7.66. The Morgan fingerprint density at radius 1 is 1.33 bits per heavy atom. The normalized spacial score (nSPS) is 19.7. The highest BCUT2D eigenvalue weighted by Gasteiger charge is 2.24. The van der Waals surface area contributed by atoms with Crippen molar-refractivity contribution < 1.29 is 0 Å². The molecule has 102 valence electrons. The van der Waals surface area contributed by atoms with Gasteiger partial charge in [0.05, 0.1) is 3.79 Å². The second-order valence-electron chi connectivity index (χ2n) is 5.37. The largest absolute Gasteiger partial charge is 0.310 e. The first-order valence-corrected chi connectivity index (χ1v) is 8.96. The first-order chi connectivity index (χ1) is 8.81. The monoisotopic (exact) mass is 329 g/mol. The fraction of sp³-hybridized carbons (Fsp3) is 0.733.